The van der Waals surface area contributed by atoms with Gasteiger partial charge in [-0.3, -0.25) is 9.10 Å². The summed E-state index contributed by atoms with van der Waals surface area (Å²) < 4.78 is 67.6. The molecule has 0 saturated carbocycles. The lowest BCUT2D eigenvalue weighted by Gasteiger charge is -2.35. The van der Waals surface area contributed by atoms with Crippen LogP contribution in [0.2, 0.25) is 5.02 Å². The maximum atomic E-state index is 13.4. The van der Waals surface area contributed by atoms with Crippen LogP contribution in [-0.2, 0) is 21.0 Å². The largest absolute Gasteiger partial charge is 0.417 e. The summed E-state index contributed by atoms with van der Waals surface area (Å²) in [6.45, 7) is 4.34. The van der Waals surface area contributed by atoms with Crippen LogP contribution in [0.15, 0.2) is 53.4 Å². The Balaban J connectivity index is 1.99. The number of nitrogens with zero attached hydrogens (tertiary/aromatic N) is 3. The average Bonchev–Trinajstić information content (AvgIpc) is 2.77. The first kappa shape index (κ1) is 24.3. The Hall–Kier alpha value is -2.30. The van der Waals surface area contributed by atoms with E-state index in [4.69, 9.17) is 11.6 Å². The number of piperazine rings is 1. The lowest BCUT2D eigenvalue weighted by molar-refractivity contribution is -0.137. The van der Waals surface area contributed by atoms with E-state index in [1.54, 1.807) is 6.07 Å². The summed E-state index contributed by atoms with van der Waals surface area (Å²) in [7, 11) is -4.31. The number of alkyl halides is 3. The summed E-state index contributed by atoms with van der Waals surface area (Å²) in [5, 5.41) is -0.555. The zero-order valence-corrected chi connectivity index (χ0v) is 18.9. The predicted molar refractivity (Wildman–Crippen MR) is 116 cm³/mol. The third kappa shape index (κ3) is 5.36. The highest BCUT2D eigenvalue weighted by Gasteiger charge is 2.36. The Morgan fingerprint density at radius 1 is 1.06 bits per heavy atom. The molecule has 0 unspecified atom stereocenters. The molecule has 0 radical (unpaired) electrons. The third-order valence-corrected chi connectivity index (χ3v) is 7.44. The first-order valence-electron chi connectivity index (χ1n) is 9.98. The average molecular weight is 490 g/mol. The van der Waals surface area contributed by atoms with Gasteiger partial charge in [0, 0.05) is 26.2 Å². The van der Waals surface area contributed by atoms with E-state index in [0.717, 1.165) is 12.6 Å². The van der Waals surface area contributed by atoms with Crippen LogP contribution in [0.5, 0.6) is 0 Å². The van der Waals surface area contributed by atoms with E-state index in [0.29, 0.717) is 36.6 Å². The molecule has 11 heteroatoms. The van der Waals surface area contributed by atoms with Gasteiger partial charge in [0.15, 0.2) is 0 Å². The van der Waals surface area contributed by atoms with E-state index in [1.165, 1.54) is 35.2 Å². The zero-order chi connectivity index (χ0) is 23.5. The van der Waals surface area contributed by atoms with Crippen LogP contribution in [0.4, 0.5) is 18.9 Å². The van der Waals surface area contributed by atoms with Crippen molar-refractivity contribution < 1.29 is 26.4 Å². The number of rotatable bonds is 6. The second kappa shape index (κ2) is 9.68. The SMILES string of the molecule is CCN1CCN(C(=O)CN(c2ccc(Cl)c(C(F)(F)F)c2)S(=O)(=O)c2ccccc2)CC1. The highest BCUT2D eigenvalue weighted by Crippen LogP contribution is 2.38. The number of halogens is 4. The molecule has 174 valence electrons. The monoisotopic (exact) mass is 489 g/mol. The molecule has 0 N–H and O–H groups in total. The smallest absolute Gasteiger partial charge is 0.339 e. The summed E-state index contributed by atoms with van der Waals surface area (Å²) in [4.78, 5) is 16.5. The standard InChI is InChI=1S/C21H23ClF3N3O3S/c1-2-26-10-12-27(13-11-26)20(29)15-28(32(30,31)17-6-4-3-5-7-17)16-8-9-19(22)18(14-16)21(23,24)25/h3-9,14H,2,10-13,15H2,1H3. The van der Waals surface area contributed by atoms with Gasteiger partial charge in [0.25, 0.3) is 10.0 Å². The second-order valence-corrected chi connectivity index (χ2v) is 9.57. The van der Waals surface area contributed by atoms with Crippen molar-refractivity contribution in [1.29, 1.82) is 0 Å². The molecule has 0 aliphatic carbocycles. The maximum absolute atomic E-state index is 13.4. The number of likely N-dealkylation sites (N-methyl/N-ethyl adjacent to an activating group) is 1. The fourth-order valence-electron chi connectivity index (χ4n) is 3.46. The number of carbonyl (C=O) groups excluding carboxylic acids is 1. The molecular formula is C21H23ClF3N3O3S. The molecule has 1 amide bonds. The molecule has 2 aromatic rings. The van der Waals surface area contributed by atoms with Crippen LogP contribution in [0.25, 0.3) is 0 Å². The zero-order valence-electron chi connectivity index (χ0n) is 17.3. The molecule has 2 aromatic carbocycles. The van der Waals surface area contributed by atoms with Crippen LogP contribution in [0.1, 0.15) is 12.5 Å². The lowest BCUT2D eigenvalue weighted by atomic mass is 10.2. The number of hydrogen-bond donors (Lipinski definition) is 0. The lowest BCUT2D eigenvalue weighted by Crippen LogP contribution is -2.51. The number of benzene rings is 2. The van der Waals surface area contributed by atoms with Gasteiger partial charge in [-0.1, -0.05) is 36.7 Å². The Morgan fingerprint density at radius 2 is 1.69 bits per heavy atom. The summed E-state index contributed by atoms with van der Waals surface area (Å²) >= 11 is 5.70. The highest BCUT2D eigenvalue weighted by atomic mass is 35.5. The van der Waals surface area contributed by atoms with Crippen molar-refractivity contribution in [1.82, 2.24) is 9.80 Å². The minimum Gasteiger partial charge on any atom is -0.339 e. The maximum Gasteiger partial charge on any atom is 0.417 e. The number of carbonyl (C=O) groups is 1. The summed E-state index contributed by atoms with van der Waals surface area (Å²) in [6.07, 6.45) is -4.78. The predicted octanol–water partition coefficient (Wildman–Crippen LogP) is 3.72. The highest BCUT2D eigenvalue weighted by molar-refractivity contribution is 7.92. The first-order chi connectivity index (χ1) is 15.0. The summed E-state index contributed by atoms with van der Waals surface area (Å²) in [5.74, 6) is -0.483. The minimum atomic E-state index is -4.78. The Morgan fingerprint density at radius 3 is 2.25 bits per heavy atom. The molecule has 1 saturated heterocycles. The van der Waals surface area contributed by atoms with Gasteiger partial charge in [-0.05, 0) is 36.9 Å². The quantitative estimate of drug-likeness (QED) is 0.620. The molecule has 0 atom stereocenters. The van der Waals surface area contributed by atoms with Gasteiger partial charge in [0.1, 0.15) is 6.54 Å². The molecule has 1 aliphatic rings. The van der Waals surface area contributed by atoms with E-state index in [9.17, 15) is 26.4 Å². The van der Waals surface area contributed by atoms with Crippen molar-refractivity contribution in [2.45, 2.75) is 18.0 Å². The van der Waals surface area contributed by atoms with Crippen LogP contribution in [0.3, 0.4) is 0 Å². The Kier molecular flexibility index (Phi) is 7.36. The molecule has 1 heterocycles. The molecule has 1 fully saturated rings. The number of hydrogen-bond acceptors (Lipinski definition) is 4. The van der Waals surface area contributed by atoms with Gasteiger partial charge < -0.3 is 9.80 Å². The molecule has 6 nitrogen and oxygen atoms in total. The number of sulfonamides is 1. The van der Waals surface area contributed by atoms with Gasteiger partial charge in [-0.15, -0.1) is 0 Å². The number of anilines is 1. The summed E-state index contributed by atoms with van der Waals surface area (Å²) in [5.41, 5.74) is -1.46. The molecule has 0 bridgehead atoms. The van der Waals surface area contributed by atoms with Crippen molar-refractivity contribution in [3.63, 3.8) is 0 Å². The normalized spacial score (nSPS) is 15.6. The van der Waals surface area contributed by atoms with Crippen molar-refractivity contribution in [2.75, 3.05) is 43.6 Å². The minimum absolute atomic E-state index is 0.132. The van der Waals surface area contributed by atoms with Gasteiger partial charge in [-0.25, -0.2) is 8.42 Å². The fraction of sp³-hybridized carbons (Fsp3) is 0.381. The van der Waals surface area contributed by atoms with Gasteiger partial charge in [-0.2, -0.15) is 13.2 Å². The molecule has 0 spiro atoms. The van der Waals surface area contributed by atoms with Crippen molar-refractivity contribution in [2.24, 2.45) is 0 Å². The van der Waals surface area contributed by atoms with Crippen LogP contribution in [-0.4, -0.2) is 63.4 Å². The van der Waals surface area contributed by atoms with E-state index >= 15 is 0 Å². The molecular weight excluding hydrogens is 467 g/mol. The fourth-order valence-corrected chi connectivity index (χ4v) is 5.11. The third-order valence-electron chi connectivity index (χ3n) is 5.33. The Bertz CT molecular complexity index is 1060. The molecule has 32 heavy (non-hydrogen) atoms. The van der Waals surface area contributed by atoms with E-state index in [2.05, 4.69) is 4.90 Å². The summed E-state index contributed by atoms with van der Waals surface area (Å²) in [6, 6.07) is 10.1. The van der Waals surface area contributed by atoms with Crippen molar-refractivity contribution in [3.8, 4) is 0 Å². The molecule has 3 rings (SSSR count). The second-order valence-electron chi connectivity index (χ2n) is 7.30. The van der Waals surface area contributed by atoms with Crippen molar-refractivity contribution >= 4 is 33.2 Å². The van der Waals surface area contributed by atoms with E-state index < -0.39 is 39.2 Å². The topological polar surface area (TPSA) is 60.9 Å². The van der Waals surface area contributed by atoms with Gasteiger partial charge >= 0.3 is 6.18 Å². The number of amides is 1. The van der Waals surface area contributed by atoms with E-state index in [-0.39, 0.29) is 10.6 Å². The first-order valence-corrected chi connectivity index (χ1v) is 11.8. The molecule has 0 aromatic heterocycles. The van der Waals surface area contributed by atoms with E-state index in [1.807, 2.05) is 6.92 Å². The van der Waals surface area contributed by atoms with Gasteiger partial charge in [0.05, 0.1) is 21.2 Å². The Labute approximate surface area is 190 Å². The van der Waals surface area contributed by atoms with Crippen LogP contribution in [0, 0.1) is 0 Å². The molecule has 1 aliphatic heterocycles. The van der Waals surface area contributed by atoms with Gasteiger partial charge in [0.2, 0.25) is 5.91 Å². The van der Waals surface area contributed by atoms with Crippen molar-refractivity contribution in [3.05, 3.63) is 59.1 Å². The van der Waals surface area contributed by atoms with Crippen LogP contribution < -0.4 is 4.31 Å². The van der Waals surface area contributed by atoms with Crippen LogP contribution >= 0.6 is 11.6 Å².